The van der Waals surface area contributed by atoms with Gasteiger partial charge in [-0.05, 0) is 13.8 Å². The predicted octanol–water partition coefficient (Wildman–Crippen LogP) is 1.02. The molecule has 0 unspecified atom stereocenters. The molecule has 0 heterocycles. The Bertz CT molecular complexity index is 246. The Hall–Kier alpha value is -1.14. The zero-order valence-corrected chi connectivity index (χ0v) is 10.0. The van der Waals surface area contributed by atoms with Gasteiger partial charge in [-0.3, -0.25) is 0 Å². The maximum absolute atomic E-state index is 5.20. The summed E-state index contributed by atoms with van der Waals surface area (Å²) in [4.78, 5) is 9.37. The highest BCUT2D eigenvalue weighted by molar-refractivity contribution is 6.43. The van der Waals surface area contributed by atoms with Gasteiger partial charge in [-0.25, -0.2) is 0 Å². The fourth-order valence-electron chi connectivity index (χ4n) is 1.03. The highest BCUT2D eigenvalue weighted by atomic mass is 16.7. The maximum Gasteiger partial charge on any atom is 0.214 e. The van der Waals surface area contributed by atoms with Crippen molar-refractivity contribution >= 4 is 11.4 Å². The highest BCUT2D eigenvalue weighted by Crippen LogP contribution is 2.14. The summed E-state index contributed by atoms with van der Waals surface area (Å²) in [6.45, 7) is 3.43. The van der Waals surface area contributed by atoms with Gasteiger partial charge in [-0.15, -0.1) is 0 Å². The summed E-state index contributed by atoms with van der Waals surface area (Å²) in [5.74, 6) is -1.01. The monoisotopic (exact) mass is 218 g/mol. The normalized spacial score (nSPS) is 14.0. The first-order chi connectivity index (χ1) is 7.05. The van der Waals surface area contributed by atoms with E-state index < -0.39 is 5.79 Å². The molecule has 0 aromatic heterocycles. The van der Waals surface area contributed by atoms with Gasteiger partial charge in [0.2, 0.25) is 5.79 Å². The zero-order valence-electron chi connectivity index (χ0n) is 10.0. The molecule has 15 heavy (non-hydrogen) atoms. The first kappa shape index (κ1) is 13.9. The molecule has 0 fully saturated rings. The number of hydrogen-bond donors (Lipinski definition) is 0. The molecule has 0 bridgehead atoms. The maximum atomic E-state index is 5.20. The summed E-state index contributed by atoms with van der Waals surface area (Å²) in [7, 11) is 5.90. The Morgan fingerprint density at radius 3 is 1.73 bits per heavy atom. The Morgan fingerprint density at radius 2 is 1.40 bits per heavy atom. The summed E-state index contributed by atoms with van der Waals surface area (Å²) >= 11 is 0. The van der Waals surface area contributed by atoms with Gasteiger partial charge < -0.3 is 19.1 Å². The van der Waals surface area contributed by atoms with Crippen molar-refractivity contribution in [2.45, 2.75) is 19.6 Å². The summed E-state index contributed by atoms with van der Waals surface area (Å²) < 4.78 is 10.4. The second kappa shape index (κ2) is 6.36. The zero-order chi connectivity index (χ0) is 11.9. The van der Waals surface area contributed by atoms with Crippen LogP contribution in [0.1, 0.15) is 13.8 Å². The van der Waals surface area contributed by atoms with E-state index in [1.54, 1.807) is 13.8 Å². The van der Waals surface area contributed by atoms with Crippen LogP contribution in [-0.2, 0) is 19.1 Å². The van der Waals surface area contributed by atoms with E-state index in [1.807, 2.05) is 0 Å². The van der Waals surface area contributed by atoms with Gasteiger partial charge in [0.25, 0.3) is 0 Å². The van der Waals surface area contributed by atoms with Crippen LogP contribution in [0, 0.1) is 0 Å². The van der Waals surface area contributed by atoms with E-state index in [1.165, 1.54) is 28.4 Å². The average Bonchev–Trinajstić information content (AvgIpc) is 2.25. The third-order valence-electron chi connectivity index (χ3n) is 1.96. The molecular formula is C9H18N2O4. The quantitative estimate of drug-likeness (QED) is 0.379. The molecule has 0 aliphatic rings. The van der Waals surface area contributed by atoms with Gasteiger partial charge in [0.15, 0.2) is 5.71 Å². The van der Waals surface area contributed by atoms with Crippen LogP contribution in [0.3, 0.4) is 0 Å². The van der Waals surface area contributed by atoms with E-state index in [0.29, 0.717) is 11.4 Å². The minimum Gasteiger partial charge on any atom is -0.399 e. The Balaban J connectivity index is 5.13. The summed E-state index contributed by atoms with van der Waals surface area (Å²) in [6.07, 6.45) is 0. The van der Waals surface area contributed by atoms with Gasteiger partial charge >= 0.3 is 0 Å². The smallest absolute Gasteiger partial charge is 0.214 e. The fraction of sp³-hybridized carbons (Fsp3) is 0.778. The molecule has 0 atom stereocenters. The summed E-state index contributed by atoms with van der Waals surface area (Å²) in [6, 6.07) is 0. The molecular weight excluding hydrogens is 200 g/mol. The van der Waals surface area contributed by atoms with E-state index in [9.17, 15) is 0 Å². The van der Waals surface area contributed by atoms with Crippen LogP contribution in [0.5, 0.6) is 0 Å². The van der Waals surface area contributed by atoms with Crippen LogP contribution in [0.25, 0.3) is 0 Å². The first-order valence-electron chi connectivity index (χ1n) is 4.35. The van der Waals surface area contributed by atoms with Crippen molar-refractivity contribution in [1.82, 2.24) is 0 Å². The Kier molecular flexibility index (Phi) is 5.88. The molecule has 0 saturated heterocycles. The minimum absolute atomic E-state index is 0.414. The average molecular weight is 218 g/mol. The van der Waals surface area contributed by atoms with Crippen molar-refractivity contribution in [3.8, 4) is 0 Å². The van der Waals surface area contributed by atoms with E-state index in [2.05, 4.69) is 15.1 Å². The molecule has 0 aromatic rings. The van der Waals surface area contributed by atoms with Gasteiger partial charge in [0.1, 0.15) is 19.9 Å². The van der Waals surface area contributed by atoms with Gasteiger partial charge in [-0.2, -0.15) is 0 Å². The lowest BCUT2D eigenvalue weighted by molar-refractivity contribution is -0.139. The topological polar surface area (TPSA) is 61.6 Å². The number of hydrogen-bond acceptors (Lipinski definition) is 6. The molecule has 6 nitrogen and oxygen atoms in total. The van der Waals surface area contributed by atoms with Crippen LogP contribution in [0.15, 0.2) is 10.3 Å². The van der Waals surface area contributed by atoms with E-state index in [0.717, 1.165) is 0 Å². The molecule has 0 amide bonds. The summed E-state index contributed by atoms with van der Waals surface area (Å²) in [5.41, 5.74) is 0.933. The number of ether oxygens (including phenoxy) is 2. The van der Waals surface area contributed by atoms with Crippen molar-refractivity contribution in [1.29, 1.82) is 0 Å². The lowest BCUT2D eigenvalue weighted by atomic mass is 10.1. The highest BCUT2D eigenvalue weighted by Gasteiger charge is 2.33. The third kappa shape index (κ3) is 3.49. The lowest BCUT2D eigenvalue weighted by Crippen LogP contribution is -2.43. The first-order valence-corrected chi connectivity index (χ1v) is 4.35. The number of oxime groups is 2. The van der Waals surface area contributed by atoms with Crippen LogP contribution in [-0.4, -0.2) is 45.6 Å². The minimum atomic E-state index is -1.01. The molecule has 0 radical (unpaired) electrons. The molecule has 0 aromatic carbocycles. The number of nitrogens with zero attached hydrogens (tertiary/aromatic N) is 2. The third-order valence-corrected chi connectivity index (χ3v) is 1.96. The van der Waals surface area contributed by atoms with Crippen LogP contribution in [0.2, 0.25) is 0 Å². The standard InChI is InChI=1S/C9H18N2O4/c1-7(10-14-5)8(11-15-6)9(2,12-3)13-4/h1-6H3/b10-7+,11-8+. The number of methoxy groups -OCH3 is 2. The Morgan fingerprint density at radius 1 is 0.933 bits per heavy atom. The number of rotatable bonds is 6. The SMILES string of the molecule is CO/N=C(C)/C(=N\OC)C(C)(OC)OC. The van der Waals surface area contributed by atoms with Crippen LogP contribution < -0.4 is 0 Å². The van der Waals surface area contributed by atoms with Crippen molar-refractivity contribution < 1.29 is 19.1 Å². The van der Waals surface area contributed by atoms with Crippen LogP contribution >= 0.6 is 0 Å². The van der Waals surface area contributed by atoms with Crippen molar-refractivity contribution in [3.63, 3.8) is 0 Å². The second-order valence-electron chi connectivity index (χ2n) is 2.84. The van der Waals surface area contributed by atoms with E-state index >= 15 is 0 Å². The van der Waals surface area contributed by atoms with E-state index in [-0.39, 0.29) is 0 Å². The molecule has 0 aliphatic carbocycles. The lowest BCUT2D eigenvalue weighted by Gasteiger charge is -2.26. The summed E-state index contributed by atoms with van der Waals surface area (Å²) in [5, 5.41) is 7.56. The molecule has 6 heteroatoms. The molecule has 88 valence electrons. The Labute approximate surface area is 89.8 Å². The van der Waals surface area contributed by atoms with Crippen molar-refractivity contribution in [2.24, 2.45) is 10.3 Å². The van der Waals surface area contributed by atoms with Gasteiger partial charge in [0, 0.05) is 14.2 Å². The molecule has 0 spiro atoms. The van der Waals surface area contributed by atoms with Gasteiger partial charge in [-0.1, -0.05) is 10.3 Å². The fourth-order valence-corrected chi connectivity index (χ4v) is 1.03. The largest absolute Gasteiger partial charge is 0.399 e. The molecule has 0 saturated carbocycles. The predicted molar refractivity (Wildman–Crippen MR) is 57.0 cm³/mol. The van der Waals surface area contributed by atoms with Crippen LogP contribution in [0.4, 0.5) is 0 Å². The molecule has 0 rings (SSSR count). The van der Waals surface area contributed by atoms with Gasteiger partial charge in [0.05, 0.1) is 0 Å². The second-order valence-corrected chi connectivity index (χ2v) is 2.84. The molecule has 0 N–H and O–H groups in total. The van der Waals surface area contributed by atoms with Crippen molar-refractivity contribution in [2.75, 3.05) is 28.4 Å². The van der Waals surface area contributed by atoms with E-state index in [4.69, 9.17) is 14.3 Å². The molecule has 0 aliphatic heterocycles. The van der Waals surface area contributed by atoms with Crippen molar-refractivity contribution in [3.05, 3.63) is 0 Å².